The van der Waals surface area contributed by atoms with Crippen molar-refractivity contribution in [1.82, 2.24) is 0 Å². The lowest BCUT2D eigenvalue weighted by Gasteiger charge is -2.18. The van der Waals surface area contributed by atoms with Crippen molar-refractivity contribution in [3.05, 3.63) is 58.4 Å². The van der Waals surface area contributed by atoms with Crippen molar-refractivity contribution >= 4 is 15.9 Å². The first kappa shape index (κ1) is 17.7. The summed E-state index contributed by atoms with van der Waals surface area (Å²) >= 11 is 2.83. The zero-order valence-electron chi connectivity index (χ0n) is 10.8. The minimum atomic E-state index is -5.05. The molecule has 0 radical (unpaired) electrons. The summed E-state index contributed by atoms with van der Waals surface area (Å²) in [6.45, 7) is 0. The molecule has 2 aromatic carbocycles. The predicted octanol–water partition coefficient (Wildman–Crippen LogP) is 5.96. The van der Waals surface area contributed by atoms with E-state index >= 15 is 0 Å². The fraction of sp³-hybridized carbons (Fsp3) is 0.143. The Labute approximate surface area is 132 Å². The van der Waals surface area contributed by atoms with Crippen molar-refractivity contribution < 1.29 is 35.1 Å². The smallest absolute Gasteiger partial charge is 0.203 e. The van der Waals surface area contributed by atoms with Crippen LogP contribution in [0.25, 0.3) is 11.1 Å². The molecule has 0 fully saturated rings. The maximum absolute atomic E-state index is 13.9. The highest BCUT2D eigenvalue weighted by atomic mass is 79.9. The molecule has 0 heterocycles. The SMILES string of the molecule is Fc1c(F)c(F)c(-c2c(CBr)cccc2C(F)(F)F)c(F)c1F. The molecular formula is C14H5BrF8. The Kier molecular flexibility index (Phi) is 4.70. The fourth-order valence-electron chi connectivity index (χ4n) is 2.07. The number of halogens is 9. The number of alkyl halides is 4. The first-order chi connectivity index (χ1) is 10.6. The van der Waals surface area contributed by atoms with Crippen molar-refractivity contribution in [3.8, 4) is 11.1 Å². The lowest BCUT2D eigenvalue weighted by Crippen LogP contribution is -2.12. The molecular weight excluding hydrogens is 400 g/mol. The molecule has 0 saturated carbocycles. The van der Waals surface area contributed by atoms with Crippen LogP contribution in [0.1, 0.15) is 11.1 Å². The van der Waals surface area contributed by atoms with E-state index in [1.807, 2.05) is 0 Å². The highest BCUT2D eigenvalue weighted by Gasteiger charge is 2.38. The van der Waals surface area contributed by atoms with E-state index in [9.17, 15) is 35.1 Å². The van der Waals surface area contributed by atoms with Gasteiger partial charge in [-0.15, -0.1) is 0 Å². The molecule has 124 valence electrons. The quantitative estimate of drug-likeness (QED) is 0.250. The lowest BCUT2D eigenvalue weighted by atomic mass is 9.93. The van der Waals surface area contributed by atoms with Gasteiger partial charge in [0.15, 0.2) is 23.3 Å². The van der Waals surface area contributed by atoms with Crippen molar-refractivity contribution in [2.45, 2.75) is 11.5 Å². The molecule has 0 N–H and O–H groups in total. The summed E-state index contributed by atoms with van der Waals surface area (Å²) in [6, 6.07) is 2.55. The third-order valence-electron chi connectivity index (χ3n) is 3.06. The van der Waals surface area contributed by atoms with E-state index in [2.05, 4.69) is 15.9 Å². The zero-order chi connectivity index (χ0) is 17.5. The predicted molar refractivity (Wildman–Crippen MR) is 69.3 cm³/mol. The van der Waals surface area contributed by atoms with E-state index in [1.165, 1.54) is 0 Å². The van der Waals surface area contributed by atoms with Gasteiger partial charge in [-0.05, 0) is 11.6 Å². The second-order valence-electron chi connectivity index (χ2n) is 4.42. The van der Waals surface area contributed by atoms with Crippen LogP contribution in [-0.4, -0.2) is 0 Å². The van der Waals surface area contributed by atoms with Gasteiger partial charge < -0.3 is 0 Å². The summed E-state index contributed by atoms with van der Waals surface area (Å²) in [6.07, 6.45) is -5.05. The average Bonchev–Trinajstić information content (AvgIpc) is 2.50. The monoisotopic (exact) mass is 404 g/mol. The summed E-state index contributed by atoms with van der Waals surface area (Å²) in [7, 11) is 0. The molecule has 2 rings (SSSR count). The molecule has 0 spiro atoms. The fourth-order valence-corrected chi connectivity index (χ4v) is 2.53. The Bertz CT molecular complexity index is 737. The van der Waals surface area contributed by atoms with Crippen LogP contribution < -0.4 is 0 Å². The first-order valence-corrected chi connectivity index (χ1v) is 7.00. The first-order valence-electron chi connectivity index (χ1n) is 5.88. The van der Waals surface area contributed by atoms with Crippen LogP contribution in [0, 0.1) is 29.1 Å². The molecule has 0 aliphatic heterocycles. The van der Waals surface area contributed by atoms with Gasteiger partial charge in [0.2, 0.25) is 5.82 Å². The number of benzene rings is 2. The van der Waals surface area contributed by atoms with Crippen molar-refractivity contribution in [1.29, 1.82) is 0 Å². The van der Waals surface area contributed by atoms with Gasteiger partial charge in [-0.25, -0.2) is 22.0 Å². The molecule has 0 saturated heterocycles. The zero-order valence-corrected chi connectivity index (χ0v) is 12.4. The molecule has 23 heavy (non-hydrogen) atoms. The third kappa shape index (κ3) is 2.93. The molecule has 0 atom stereocenters. The van der Waals surface area contributed by atoms with Crippen LogP contribution >= 0.6 is 15.9 Å². The lowest BCUT2D eigenvalue weighted by molar-refractivity contribution is -0.137. The Balaban J connectivity index is 2.99. The highest BCUT2D eigenvalue weighted by molar-refractivity contribution is 9.08. The van der Waals surface area contributed by atoms with E-state index in [-0.39, 0.29) is 10.9 Å². The van der Waals surface area contributed by atoms with Crippen LogP contribution in [0.3, 0.4) is 0 Å². The summed E-state index contributed by atoms with van der Waals surface area (Å²) in [5, 5.41) is -0.286. The van der Waals surface area contributed by atoms with Gasteiger partial charge >= 0.3 is 6.18 Å². The maximum Gasteiger partial charge on any atom is 0.417 e. The Morgan fingerprint density at radius 2 is 1.22 bits per heavy atom. The van der Waals surface area contributed by atoms with Crippen LogP contribution in [0.4, 0.5) is 35.1 Å². The van der Waals surface area contributed by atoms with Crippen molar-refractivity contribution in [3.63, 3.8) is 0 Å². The molecule has 0 aliphatic carbocycles. The van der Waals surface area contributed by atoms with Gasteiger partial charge in [-0.1, -0.05) is 28.1 Å². The van der Waals surface area contributed by atoms with Crippen LogP contribution in [0.2, 0.25) is 0 Å². The normalized spacial score (nSPS) is 11.9. The largest absolute Gasteiger partial charge is 0.417 e. The topological polar surface area (TPSA) is 0 Å². The van der Waals surface area contributed by atoms with Crippen LogP contribution in [-0.2, 0) is 11.5 Å². The molecule has 0 unspecified atom stereocenters. The maximum atomic E-state index is 13.9. The number of rotatable bonds is 2. The van der Waals surface area contributed by atoms with Gasteiger partial charge in [-0.2, -0.15) is 13.2 Å². The summed E-state index contributed by atoms with van der Waals surface area (Å²) in [5.74, 6) is -11.7. The van der Waals surface area contributed by atoms with Crippen molar-refractivity contribution in [2.24, 2.45) is 0 Å². The molecule has 0 aliphatic rings. The average molecular weight is 405 g/mol. The van der Waals surface area contributed by atoms with Gasteiger partial charge in [-0.3, -0.25) is 0 Å². The minimum Gasteiger partial charge on any atom is -0.203 e. The number of hydrogen-bond acceptors (Lipinski definition) is 0. The van der Waals surface area contributed by atoms with Crippen LogP contribution in [0.5, 0.6) is 0 Å². The van der Waals surface area contributed by atoms with E-state index < -0.39 is 52.0 Å². The molecule has 0 nitrogen and oxygen atoms in total. The summed E-state index contributed by atoms with van der Waals surface area (Å²) in [5.41, 5.74) is -4.48. The van der Waals surface area contributed by atoms with Gasteiger partial charge in [0.05, 0.1) is 11.1 Å². The van der Waals surface area contributed by atoms with E-state index in [0.717, 1.165) is 12.1 Å². The number of hydrogen-bond donors (Lipinski definition) is 0. The standard InChI is InChI=1S/C14H5BrF8/c15-4-5-2-1-3-6(14(21,22)23)7(5)8-9(16)11(18)13(20)12(19)10(8)17/h1-3H,4H2. The summed E-state index contributed by atoms with van der Waals surface area (Å²) in [4.78, 5) is 0. The van der Waals surface area contributed by atoms with Gasteiger partial charge in [0.25, 0.3) is 0 Å². The minimum absolute atomic E-state index is 0.275. The molecule has 0 aromatic heterocycles. The Morgan fingerprint density at radius 1 is 0.739 bits per heavy atom. The molecule has 0 amide bonds. The third-order valence-corrected chi connectivity index (χ3v) is 3.66. The molecule has 0 bridgehead atoms. The van der Waals surface area contributed by atoms with Crippen molar-refractivity contribution in [2.75, 3.05) is 0 Å². The molecule has 2 aromatic rings. The van der Waals surface area contributed by atoms with E-state index in [4.69, 9.17) is 0 Å². The second kappa shape index (κ2) is 6.10. The Hall–Kier alpha value is -1.64. The summed E-state index contributed by atoms with van der Waals surface area (Å²) < 4.78 is 107. The van der Waals surface area contributed by atoms with Gasteiger partial charge in [0.1, 0.15) is 0 Å². The molecule has 9 heteroatoms. The Morgan fingerprint density at radius 3 is 1.65 bits per heavy atom. The van der Waals surface area contributed by atoms with Gasteiger partial charge in [0, 0.05) is 10.9 Å². The van der Waals surface area contributed by atoms with E-state index in [0.29, 0.717) is 6.07 Å². The second-order valence-corrected chi connectivity index (χ2v) is 4.98. The highest BCUT2D eigenvalue weighted by Crippen LogP contribution is 2.42. The van der Waals surface area contributed by atoms with Crippen LogP contribution in [0.15, 0.2) is 18.2 Å². The van der Waals surface area contributed by atoms with E-state index in [1.54, 1.807) is 0 Å².